The predicted molar refractivity (Wildman–Crippen MR) is 111 cm³/mol. The summed E-state index contributed by atoms with van der Waals surface area (Å²) in [5.74, 6) is 3.28. The number of likely N-dealkylation sites (tertiary alicyclic amines) is 1. The van der Waals surface area contributed by atoms with Crippen LogP contribution in [0.3, 0.4) is 0 Å². The third-order valence-corrected chi connectivity index (χ3v) is 4.99. The van der Waals surface area contributed by atoms with Gasteiger partial charge in [0.15, 0.2) is 5.96 Å². The molecule has 0 radical (unpaired) electrons. The lowest BCUT2D eigenvalue weighted by atomic mass is 10.0. The van der Waals surface area contributed by atoms with Gasteiger partial charge in [-0.2, -0.15) is 5.10 Å². The fourth-order valence-corrected chi connectivity index (χ4v) is 3.59. The standard InChI is InChI=1S/C21H31N5O2/c1-22-21(23-9-5-11-28-20-7-4-6-19(13-20)27-3)26-10-8-17(16-26)12-18-14-24-25(2)15-18/h4,6-7,13-15,17H,5,8-12,16H2,1-3H3,(H,22,23). The van der Waals surface area contributed by atoms with E-state index in [-0.39, 0.29) is 0 Å². The molecule has 7 nitrogen and oxygen atoms in total. The summed E-state index contributed by atoms with van der Waals surface area (Å²) in [6.07, 6.45) is 7.25. The number of nitrogens with one attached hydrogen (secondary N) is 1. The lowest BCUT2D eigenvalue weighted by Gasteiger charge is -2.21. The summed E-state index contributed by atoms with van der Waals surface area (Å²) in [6.45, 7) is 3.57. The third kappa shape index (κ3) is 5.65. The Kier molecular flexibility index (Phi) is 7.17. The van der Waals surface area contributed by atoms with Crippen molar-refractivity contribution in [2.75, 3.05) is 40.4 Å². The van der Waals surface area contributed by atoms with Gasteiger partial charge < -0.3 is 19.7 Å². The first-order chi connectivity index (χ1) is 13.7. The van der Waals surface area contributed by atoms with Crippen molar-refractivity contribution >= 4 is 5.96 Å². The van der Waals surface area contributed by atoms with Gasteiger partial charge >= 0.3 is 0 Å². The molecule has 3 rings (SSSR count). The van der Waals surface area contributed by atoms with Crippen LogP contribution in [0.1, 0.15) is 18.4 Å². The van der Waals surface area contributed by atoms with Crippen LogP contribution >= 0.6 is 0 Å². The minimum Gasteiger partial charge on any atom is -0.497 e. The van der Waals surface area contributed by atoms with Gasteiger partial charge in [-0.3, -0.25) is 9.67 Å². The van der Waals surface area contributed by atoms with Crippen molar-refractivity contribution in [1.82, 2.24) is 20.0 Å². The lowest BCUT2D eigenvalue weighted by molar-refractivity contribution is 0.307. The molecule has 1 aromatic heterocycles. The van der Waals surface area contributed by atoms with Crippen molar-refractivity contribution < 1.29 is 9.47 Å². The van der Waals surface area contributed by atoms with Gasteiger partial charge in [0.2, 0.25) is 0 Å². The molecule has 1 unspecified atom stereocenters. The van der Waals surface area contributed by atoms with Crippen molar-refractivity contribution in [3.63, 3.8) is 0 Å². The molecule has 1 fully saturated rings. The molecule has 0 amide bonds. The molecule has 1 aliphatic rings. The van der Waals surface area contributed by atoms with Gasteiger partial charge in [0, 0.05) is 46.0 Å². The molecule has 1 aliphatic heterocycles. The highest BCUT2D eigenvalue weighted by Gasteiger charge is 2.25. The van der Waals surface area contributed by atoms with E-state index < -0.39 is 0 Å². The number of aryl methyl sites for hydroxylation is 1. The van der Waals surface area contributed by atoms with Crippen LogP contribution in [0.5, 0.6) is 11.5 Å². The largest absolute Gasteiger partial charge is 0.497 e. The molecule has 1 atom stereocenters. The number of guanidine groups is 1. The van der Waals surface area contributed by atoms with Crippen molar-refractivity contribution in [2.45, 2.75) is 19.3 Å². The predicted octanol–water partition coefficient (Wildman–Crippen LogP) is 2.34. The molecule has 0 spiro atoms. The summed E-state index contributed by atoms with van der Waals surface area (Å²) in [6, 6.07) is 7.69. The zero-order chi connectivity index (χ0) is 19.8. The molecule has 2 aromatic rings. The molecule has 28 heavy (non-hydrogen) atoms. The molecule has 1 N–H and O–H groups in total. The van der Waals surface area contributed by atoms with Crippen molar-refractivity contribution in [1.29, 1.82) is 0 Å². The Labute approximate surface area is 167 Å². The van der Waals surface area contributed by atoms with Crippen LogP contribution in [0.2, 0.25) is 0 Å². The topological polar surface area (TPSA) is 63.9 Å². The number of hydrogen-bond donors (Lipinski definition) is 1. The van der Waals surface area contributed by atoms with E-state index >= 15 is 0 Å². The highest BCUT2D eigenvalue weighted by molar-refractivity contribution is 5.80. The minimum absolute atomic E-state index is 0.652. The summed E-state index contributed by atoms with van der Waals surface area (Å²) in [5.41, 5.74) is 1.31. The van der Waals surface area contributed by atoms with Gasteiger partial charge in [-0.05, 0) is 42.9 Å². The van der Waals surface area contributed by atoms with Crippen LogP contribution in [-0.4, -0.2) is 61.0 Å². The van der Waals surface area contributed by atoms with Gasteiger partial charge in [0.05, 0.1) is 19.9 Å². The van der Waals surface area contributed by atoms with E-state index in [9.17, 15) is 0 Å². The SMILES string of the molecule is CN=C(NCCCOc1cccc(OC)c1)N1CCC(Cc2cnn(C)c2)C1. The monoisotopic (exact) mass is 385 g/mol. The Morgan fingerprint density at radius 3 is 2.96 bits per heavy atom. The molecule has 1 aromatic carbocycles. The van der Waals surface area contributed by atoms with E-state index in [0.717, 1.165) is 49.9 Å². The van der Waals surface area contributed by atoms with Crippen LogP contribution in [0.15, 0.2) is 41.7 Å². The second kappa shape index (κ2) is 10.0. The minimum atomic E-state index is 0.652. The van der Waals surface area contributed by atoms with Crippen molar-refractivity contribution in [3.05, 3.63) is 42.2 Å². The van der Waals surface area contributed by atoms with Gasteiger partial charge in [-0.15, -0.1) is 0 Å². The van der Waals surface area contributed by atoms with E-state index in [1.165, 1.54) is 12.0 Å². The normalized spacial score (nSPS) is 17.0. The first kappa shape index (κ1) is 20.0. The first-order valence-corrected chi connectivity index (χ1v) is 9.88. The Balaban J connectivity index is 1.36. The summed E-state index contributed by atoms with van der Waals surface area (Å²) < 4.78 is 12.9. The quantitative estimate of drug-likeness (QED) is 0.429. The summed E-state index contributed by atoms with van der Waals surface area (Å²) in [4.78, 5) is 6.80. The molecule has 1 saturated heterocycles. The Hall–Kier alpha value is -2.70. The average molecular weight is 386 g/mol. The van der Waals surface area contributed by atoms with Gasteiger partial charge in [-0.25, -0.2) is 0 Å². The molecule has 0 bridgehead atoms. The van der Waals surface area contributed by atoms with Gasteiger partial charge in [0.25, 0.3) is 0 Å². The number of benzene rings is 1. The van der Waals surface area contributed by atoms with Gasteiger partial charge in [-0.1, -0.05) is 6.07 Å². The van der Waals surface area contributed by atoms with Crippen molar-refractivity contribution in [2.24, 2.45) is 18.0 Å². The summed E-state index contributed by atoms with van der Waals surface area (Å²) in [7, 11) is 5.48. The fraction of sp³-hybridized carbons (Fsp3) is 0.524. The first-order valence-electron chi connectivity index (χ1n) is 9.88. The average Bonchev–Trinajstić information content (AvgIpc) is 3.34. The zero-order valence-electron chi connectivity index (χ0n) is 17.1. The maximum Gasteiger partial charge on any atom is 0.193 e. The number of nitrogens with zero attached hydrogens (tertiary/aromatic N) is 4. The Bertz CT molecular complexity index is 774. The number of methoxy groups -OCH3 is 1. The van der Waals surface area contributed by atoms with Crippen molar-refractivity contribution in [3.8, 4) is 11.5 Å². The smallest absolute Gasteiger partial charge is 0.193 e. The van der Waals surface area contributed by atoms with Crippen LogP contribution in [0, 0.1) is 5.92 Å². The van der Waals surface area contributed by atoms with Crippen LogP contribution in [-0.2, 0) is 13.5 Å². The van der Waals surface area contributed by atoms with Crippen LogP contribution < -0.4 is 14.8 Å². The lowest BCUT2D eigenvalue weighted by Crippen LogP contribution is -2.40. The number of hydrogen-bond acceptors (Lipinski definition) is 4. The molecule has 0 aliphatic carbocycles. The number of aromatic nitrogens is 2. The van der Waals surface area contributed by atoms with E-state index in [2.05, 4.69) is 26.5 Å². The zero-order valence-corrected chi connectivity index (χ0v) is 17.1. The molecular weight excluding hydrogens is 354 g/mol. The maximum absolute atomic E-state index is 5.79. The molecule has 2 heterocycles. The molecule has 7 heteroatoms. The molecule has 152 valence electrons. The molecule has 0 saturated carbocycles. The highest BCUT2D eigenvalue weighted by atomic mass is 16.5. The number of ether oxygens (including phenoxy) is 2. The third-order valence-electron chi connectivity index (χ3n) is 4.99. The number of rotatable bonds is 8. The highest BCUT2D eigenvalue weighted by Crippen LogP contribution is 2.21. The second-order valence-corrected chi connectivity index (χ2v) is 7.18. The van der Waals surface area contributed by atoms with Crippen LogP contribution in [0.25, 0.3) is 0 Å². The molecular formula is C21H31N5O2. The maximum atomic E-state index is 5.79. The number of aliphatic imine (C=N–C) groups is 1. The second-order valence-electron chi connectivity index (χ2n) is 7.18. The van der Waals surface area contributed by atoms with Gasteiger partial charge in [0.1, 0.15) is 11.5 Å². The van der Waals surface area contributed by atoms with Crippen LogP contribution in [0.4, 0.5) is 0 Å². The van der Waals surface area contributed by atoms with E-state index in [4.69, 9.17) is 9.47 Å². The van der Waals surface area contributed by atoms with E-state index in [1.54, 1.807) is 7.11 Å². The Morgan fingerprint density at radius 1 is 1.36 bits per heavy atom. The van der Waals surface area contributed by atoms with E-state index in [0.29, 0.717) is 12.5 Å². The summed E-state index contributed by atoms with van der Waals surface area (Å²) >= 11 is 0. The fourth-order valence-electron chi connectivity index (χ4n) is 3.59. The summed E-state index contributed by atoms with van der Waals surface area (Å²) in [5, 5.41) is 7.73. The Morgan fingerprint density at radius 2 is 2.21 bits per heavy atom. The van der Waals surface area contributed by atoms with E-state index in [1.807, 2.05) is 49.2 Å².